The summed E-state index contributed by atoms with van der Waals surface area (Å²) in [6.45, 7) is 0. The summed E-state index contributed by atoms with van der Waals surface area (Å²) in [5.41, 5.74) is 9.35. The fraction of sp³-hybridized carbons (Fsp3) is 0. The molecule has 0 atom stereocenters. The molecule has 206 valence electrons. The Morgan fingerprint density at radius 2 is 1.05 bits per heavy atom. The van der Waals surface area contributed by atoms with Crippen LogP contribution in [0.25, 0.3) is 78.1 Å². The second-order valence-corrected chi connectivity index (χ2v) is 10.6. The third-order valence-electron chi connectivity index (χ3n) is 7.84. The molecule has 0 unspecified atom stereocenters. The van der Waals surface area contributed by atoms with Crippen LogP contribution in [-0.2, 0) is 0 Å². The summed E-state index contributed by atoms with van der Waals surface area (Å²) in [7, 11) is 0. The summed E-state index contributed by atoms with van der Waals surface area (Å²) < 4.78 is 0. The molecule has 8 rings (SSSR count). The Bertz CT molecular complexity index is 2250. The maximum atomic E-state index is 5.02. The molecule has 0 radical (unpaired) electrons. The summed E-state index contributed by atoms with van der Waals surface area (Å²) in [5, 5.41) is 3.39. The second kappa shape index (κ2) is 11.0. The van der Waals surface area contributed by atoms with E-state index in [1.165, 1.54) is 5.39 Å². The van der Waals surface area contributed by atoms with E-state index < -0.39 is 0 Å². The van der Waals surface area contributed by atoms with E-state index >= 15 is 0 Å². The molecule has 0 saturated heterocycles. The lowest BCUT2D eigenvalue weighted by Crippen LogP contribution is -1.97. The van der Waals surface area contributed by atoms with Gasteiger partial charge in [0, 0.05) is 46.1 Å². The summed E-state index contributed by atoms with van der Waals surface area (Å²) in [6.07, 6.45) is 5.54. The van der Waals surface area contributed by atoms with Gasteiger partial charge in [-0.05, 0) is 46.8 Å². The zero-order valence-electron chi connectivity index (χ0n) is 23.7. The molecule has 8 aromatic rings. The van der Waals surface area contributed by atoms with Crippen molar-refractivity contribution in [1.82, 2.24) is 24.9 Å². The van der Waals surface area contributed by atoms with Gasteiger partial charge in [-0.15, -0.1) is 0 Å². The molecule has 0 fully saturated rings. The maximum Gasteiger partial charge on any atom is 0.160 e. The smallest absolute Gasteiger partial charge is 0.160 e. The molecule has 0 saturated carbocycles. The van der Waals surface area contributed by atoms with Crippen LogP contribution in [0, 0.1) is 0 Å². The minimum absolute atomic E-state index is 0.667. The molecule has 0 N–H and O–H groups in total. The number of hydrogen-bond acceptors (Lipinski definition) is 5. The van der Waals surface area contributed by atoms with Crippen LogP contribution in [0.5, 0.6) is 0 Å². The largest absolute Gasteiger partial charge is 0.264 e. The molecule has 4 heterocycles. The van der Waals surface area contributed by atoms with Crippen LogP contribution in [0.4, 0.5) is 0 Å². The maximum absolute atomic E-state index is 5.02. The minimum atomic E-state index is 0.667. The number of benzene rings is 4. The number of nitrogens with zero attached hydrogens (tertiary/aromatic N) is 5. The highest BCUT2D eigenvalue weighted by atomic mass is 14.9. The highest BCUT2D eigenvalue weighted by Gasteiger charge is 2.14. The average Bonchev–Trinajstić information content (AvgIpc) is 3.12. The predicted molar refractivity (Wildman–Crippen MR) is 178 cm³/mol. The van der Waals surface area contributed by atoms with Gasteiger partial charge in [0.1, 0.15) is 0 Å². The third kappa shape index (κ3) is 4.76. The Kier molecular flexibility index (Phi) is 6.39. The van der Waals surface area contributed by atoms with Crippen LogP contribution in [-0.4, -0.2) is 24.9 Å². The van der Waals surface area contributed by atoms with Crippen LogP contribution in [0.1, 0.15) is 0 Å². The molecular formula is C39H25N5. The summed E-state index contributed by atoms with van der Waals surface area (Å²) in [4.78, 5) is 24.1. The molecule has 44 heavy (non-hydrogen) atoms. The van der Waals surface area contributed by atoms with Crippen LogP contribution < -0.4 is 0 Å². The first-order chi connectivity index (χ1) is 21.8. The van der Waals surface area contributed by atoms with Crippen molar-refractivity contribution < 1.29 is 0 Å². The van der Waals surface area contributed by atoms with E-state index in [0.29, 0.717) is 5.82 Å². The number of rotatable bonds is 5. The second-order valence-electron chi connectivity index (χ2n) is 10.6. The van der Waals surface area contributed by atoms with E-state index in [-0.39, 0.29) is 0 Å². The summed E-state index contributed by atoms with van der Waals surface area (Å²) in [5.74, 6) is 0.667. The Balaban J connectivity index is 1.21. The van der Waals surface area contributed by atoms with Gasteiger partial charge in [-0.1, -0.05) is 103 Å². The molecule has 0 bridgehead atoms. The van der Waals surface area contributed by atoms with E-state index in [2.05, 4.69) is 77.8 Å². The number of fused-ring (bicyclic) bond motifs is 3. The van der Waals surface area contributed by atoms with Crippen molar-refractivity contribution in [1.29, 1.82) is 0 Å². The van der Waals surface area contributed by atoms with E-state index in [1.54, 1.807) is 6.20 Å². The molecule has 4 aromatic heterocycles. The Hall–Kier alpha value is -6.07. The fourth-order valence-electron chi connectivity index (χ4n) is 5.61. The van der Waals surface area contributed by atoms with Crippen molar-refractivity contribution >= 4 is 21.7 Å². The van der Waals surface area contributed by atoms with Gasteiger partial charge in [0.25, 0.3) is 0 Å². The first-order valence-electron chi connectivity index (χ1n) is 14.5. The highest BCUT2D eigenvalue weighted by Crippen LogP contribution is 2.33. The Morgan fingerprint density at radius 1 is 0.386 bits per heavy atom. The van der Waals surface area contributed by atoms with Gasteiger partial charge in [0.05, 0.1) is 28.3 Å². The van der Waals surface area contributed by atoms with Gasteiger partial charge < -0.3 is 0 Å². The normalized spacial score (nSPS) is 11.2. The van der Waals surface area contributed by atoms with E-state index in [4.69, 9.17) is 19.9 Å². The number of hydrogen-bond donors (Lipinski definition) is 0. The van der Waals surface area contributed by atoms with Crippen molar-refractivity contribution in [2.75, 3.05) is 0 Å². The average molecular weight is 564 g/mol. The lowest BCUT2D eigenvalue weighted by atomic mass is 10.0. The summed E-state index contributed by atoms with van der Waals surface area (Å²) in [6, 6.07) is 45.3. The molecule has 0 aliphatic carbocycles. The van der Waals surface area contributed by atoms with Gasteiger partial charge in [-0.3, -0.25) is 9.97 Å². The van der Waals surface area contributed by atoms with Gasteiger partial charge >= 0.3 is 0 Å². The molecule has 4 aromatic carbocycles. The molecule has 5 nitrogen and oxygen atoms in total. The van der Waals surface area contributed by atoms with E-state index in [1.807, 2.05) is 73.1 Å². The van der Waals surface area contributed by atoms with Crippen molar-refractivity contribution in [3.63, 3.8) is 0 Å². The van der Waals surface area contributed by atoms with E-state index in [9.17, 15) is 0 Å². The fourth-order valence-corrected chi connectivity index (χ4v) is 5.61. The van der Waals surface area contributed by atoms with Crippen molar-refractivity contribution in [3.05, 3.63) is 152 Å². The standard InChI is InChI=1S/C39H25N5/c1-2-9-28(10-3-1)39-43-36(27-18-16-26(17-19-27)29-11-8-22-40-24-29)23-37(44-39)30-20-21-35(41-25-30)38-33-14-5-4-12-31(33)32-13-6-7-15-34(32)42-38/h1-25H. The van der Waals surface area contributed by atoms with Crippen LogP contribution in [0.15, 0.2) is 152 Å². The highest BCUT2D eigenvalue weighted by molar-refractivity contribution is 6.10. The van der Waals surface area contributed by atoms with Gasteiger partial charge in [-0.25, -0.2) is 15.0 Å². The molecule has 0 aliphatic heterocycles. The zero-order chi connectivity index (χ0) is 29.3. The Labute approximate surface area is 254 Å². The van der Waals surface area contributed by atoms with Crippen molar-refractivity contribution in [2.24, 2.45) is 0 Å². The molecule has 5 heteroatoms. The quantitative estimate of drug-likeness (QED) is 0.195. The lowest BCUT2D eigenvalue weighted by molar-refractivity contribution is 1.18. The zero-order valence-corrected chi connectivity index (χ0v) is 23.7. The van der Waals surface area contributed by atoms with Crippen LogP contribution in [0.2, 0.25) is 0 Å². The van der Waals surface area contributed by atoms with Crippen molar-refractivity contribution in [3.8, 4) is 56.4 Å². The van der Waals surface area contributed by atoms with Crippen LogP contribution >= 0.6 is 0 Å². The molecule has 0 spiro atoms. The SMILES string of the molecule is c1ccc(-c2nc(-c3ccc(-c4cccnc4)cc3)cc(-c3ccc(-c4nc5ccccc5c5ccccc45)nc3)n2)cc1. The number of pyridine rings is 3. The van der Waals surface area contributed by atoms with E-state index in [0.717, 1.165) is 66.9 Å². The van der Waals surface area contributed by atoms with Gasteiger partial charge in [0.2, 0.25) is 0 Å². The van der Waals surface area contributed by atoms with Gasteiger partial charge in [0.15, 0.2) is 5.82 Å². The predicted octanol–water partition coefficient (Wildman–Crippen LogP) is 9.30. The molecular weight excluding hydrogens is 538 g/mol. The Morgan fingerprint density at radius 3 is 1.80 bits per heavy atom. The number of para-hydroxylation sites is 1. The first kappa shape index (κ1) is 25.6. The topological polar surface area (TPSA) is 64.5 Å². The lowest BCUT2D eigenvalue weighted by Gasteiger charge is -2.11. The molecule has 0 aliphatic rings. The first-order valence-corrected chi connectivity index (χ1v) is 14.5. The minimum Gasteiger partial charge on any atom is -0.264 e. The van der Waals surface area contributed by atoms with Crippen molar-refractivity contribution in [2.45, 2.75) is 0 Å². The third-order valence-corrected chi connectivity index (χ3v) is 7.84. The number of aromatic nitrogens is 5. The van der Waals surface area contributed by atoms with Gasteiger partial charge in [-0.2, -0.15) is 0 Å². The monoisotopic (exact) mass is 563 g/mol. The summed E-state index contributed by atoms with van der Waals surface area (Å²) >= 11 is 0. The van der Waals surface area contributed by atoms with Crippen LogP contribution in [0.3, 0.4) is 0 Å². The molecule has 0 amide bonds.